The van der Waals surface area contributed by atoms with Gasteiger partial charge >= 0.3 is 0 Å². The van der Waals surface area contributed by atoms with Gasteiger partial charge in [0.15, 0.2) is 6.10 Å². The number of nitrogens with zero attached hydrogens (tertiary/aromatic N) is 1. The third kappa shape index (κ3) is 5.35. The average molecular weight is 419 g/mol. The molecule has 2 aromatic carbocycles. The van der Waals surface area contributed by atoms with Crippen LogP contribution in [-0.2, 0) is 19.6 Å². The lowest BCUT2D eigenvalue weighted by atomic mass is 10.2. The molecule has 1 heterocycles. The summed E-state index contributed by atoms with van der Waals surface area (Å²) in [7, 11) is -3.56. The maximum atomic E-state index is 12.7. The number of ether oxygens (including phenoxy) is 2. The van der Waals surface area contributed by atoms with E-state index in [4.69, 9.17) is 9.47 Å². The fourth-order valence-corrected chi connectivity index (χ4v) is 4.38. The van der Waals surface area contributed by atoms with Gasteiger partial charge in [-0.1, -0.05) is 24.6 Å². The van der Waals surface area contributed by atoms with Gasteiger partial charge in [-0.15, -0.1) is 0 Å². The van der Waals surface area contributed by atoms with Crippen LogP contribution in [-0.4, -0.2) is 51.0 Å². The first-order valence-electron chi connectivity index (χ1n) is 9.62. The normalized spacial score (nSPS) is 16.2. The molecule has 156 valence electrons. The van der Waals surface area contributed by atoms with Crippen LogP contribution in [0, 0.1) is 6.92 Å². The zero-order chi connectivity index (χ0) is 20.9. The number of sulfonamides is 1. The van der Waals surface area contributed by atoms with Crippen molar-refractivity contribution in [3.05, 3.63) is 54.1 Å². The number of morpholine rings is 1. The van der Waals surface area contributed by atoms with Crippen LogP contribution in [0.15, 0.2) is 53.4 Å². The van der Waals surface area contributed by atoms with E-state index >= 15 is 0 Å². The van der Waals surface area contributed by atoms with E-state index in [0.29, 0.717) is 44.2 Å². The molecule has 1 saturated heterocycles. The molecule has 0 radical (unpaired) electrons. The number of nitrogens with one attached hydrogen (secondary N) is 1. The standard InChI is InChI=1S/C21H26N2O5S/c1-3-20(28-18-8-4-16(2)5-9-18)21(24)22-17-6-10-19(11-7-17)29(25,26)23-12-14-27-15-13-23/h4-11,20H,3,12-15H2,1-2H3,(H,22,24)/t20-/m0/s1. The Hall–Kier alpha value is -2.42. The summed E-state index contributed by atoms with van der Waals surface area (Å²) in [5.74, 6) is 0.349. The van der Waals surface area contributed by atoms with E-state index < -0.39 is 16.1 Å². The molecule has 29 heavy (non-hydrogen) atoms. The predicted molar refractivity (Wildman–Crippen MR) is 111 cm³/mol. The average Bonchev–Trinajstić information content (AvgIpc) is 2.74. The number of carbonyl (C=O) groups excluding carboxylic acids is 1. The van der Waals surface area contributed by atoms with Crippen molar-refractivity contribution in [3.63, 3.8) is 0 Å². The van der Waals surface area contributed by atoms with Crippen LogP contribution < -0.4 is 10.1 Å². The van der Waals surface area contributed by atoms with Crippen LogP contribution in [0.5, 0.6) is 5.75 Å². The summed E-state index contributed by atoms with van der Waals surface area (Å²) >= 11 is 0. The van der Waals surface area contributed by atoms with Gasteiger partial charge in [-0.05, 0) is 49.7 Å². The topological polar surface area (TPSA) is 84.9 Å². The SMILES string of the molecule is CC[C@H](Oc1ccc(C)cc1)C(=O)Nc1ccc(S(=O)(=O)N2CCOCC2)cc1. The summed E-state index contributed by atoms with van der Waals surface area (Å²) in [4.78, 5) is 12.8. The van der Waals surface area contributed by atoms with Gasteiger partial charge in [0.25, 0.3) is 5.91 Å². The number of rotatable bonds is 7. The lowest BCUT2D eigenvalue weighted by Crippen LogP contribution is -2.40. The fraction of sp³-hybridized carbons (Fsp3) is 0.381. The number of amides is 1. The summed E-state index contributed by atoms with van der Waals surface area (Å²) in [5.41, 5.74) is 1.63. The number of carbonyl (C=O) groups is 1. The van der Waals surface area contributed by atoms with Crippen LogP contribution in [0.3, 0.4) is 0 Å². The minimum Gasteiger partial charge on any atom is -0.481 e. The zero-order valence-electron chi connectivity index (χ0n) is 16.6. The third-order valence-electron chi connectivity index (χ3n) is 4.69. The Morgan fingerprint density at radius 1 is 1.10 bits per heavy atom. The second-order valence-corrected chi connectivity index (χ2v) is 8.80. The summed E-state index contributed by atoms with van der Waals surface area (Å²) < 4.78 is 37.7. The molecule has 8 heteroatoms. The Labute approximate surface area is 171 Å². The van der Waals surface area contributed by atoms with Gasteiger partial charge in [0.05, 0.1) is 18.1 Å². The third-order valence-corrected chi connectivity index (χ3v) is 6.61. The molecular formula is C21H26N2O5S. The molecule has 0 aliphatic carbocycles. The summed E-state index contributed by atoms with van der Waals surface area (Å²) in [6.45, 7) is 5.33. The summed E-state index contributed by atoms with van der Waals surface area (Å²) in [5, 5.41) is 2.79. The number of hydrogen-bond acceptors (Lipinski definition) is 5. The minimum absolute atomic E-state index is 0.195. The molecule has 0 bridgehead atoms. The van der Waals surface area contributed by atoms with Gasteiger partial charge in [0, 0.05) is 18.8 Å². The van der Waals surface area contributed by atoms with Gasteiger partial charge < -0.3 is 14.8 Å². The highest BCUT2D eigenvalue weighted by Gasteiger charge is 2.26. The quantitative estimate of drug-likeness (QED) is 0.747. The maximum Gasteiger partial charge on any atom is 0.265 e. The Balaban J connectivity index is 1.64. The first-order valence-corrected chi connectivity index (χ1v) is 11.1. The van der Waals surface area contributed by atoms with E-state index in [9.17, 15) is 13.2 Å². The van der Waals surface area contributed by atoms with E-state index in [2.05, 4.69) is 5.32 Å². The molecule has 1 aliphatic heterocycles. The molecule has 2 aromatic rings. The van der Waals surface area contributed by atoms with Crippen molar-refractivity contribution in [2.45, 2.75) is 31.3 Å². The molecule has 1 amide bonds. The molecule has 3 rings (SSSR count). The molecule has 7 nitrogen and oxygen atoms in total. The van der Waals surface area contributed by atoms with Crippen molar-refractivity contribution in [2.24, 2.45) is 0 Å². The fourth-order valence-electron chi connectivity index (χ4n) is 2.97. The Kier molecular flexibility index (Phi) is 6.89. The first kappa shape index (κ1) is 21.3. The van der Waals surface area contributed by atoms with Crippen molar-refractivity contribution in [1.29, 1.82) is 0 Å². The largest absolute Gasteiger partial charge is 0.481 e. The summed E-state index contributed by atoms with van der Waals surface area (Å²) in [6.07, 6.45) is -0.141. The van der Waals surface area contributed by atoms with E-state index in [1.54, 1.807) is 12.1 Å². The second kappa shape index (κ2) is 9.39. The molecule has 1 aliphatic rings. The first-order chi connectivity index (χ1) is 13.9. The van der Waals surface area contributed by atoms with E-state index in [1.807, 2.05) is 38.1 Å². The number of aryl methyl sites for hydroxylation is 1. The lowest BCUT2D eigenvalue weighted by Gasteiger charge is -2.26. The van der Waals surface area contributed by atoms with Crippen LogP contribution in [0.1, 0.15) is 18.9 Å². The van der Waals surface area contributed by atoms with Crippen molar-refractivity contribution >= 4 is 21.6 Å². The lowest BCUT2D eigenvalue weighted by molar-refractivity contribution is -0.122. The Morgan fingerprint density at radius 3 is 2.31 bits per heavy atom. The van der Waals surface area contributed by atoms with E-state index in [1.165, 1.54) is 16.4 Å². The minimum atomic E-state index is -3.56. The van der Waals surface area contributed by atoms with E-state index in [-0.39, 0.29) is 10.8 Å². The molecular weight excluding hydrogens is 392 g/mol. The van der Waals surface area contributed by atoms with Gasteiger partial charge in [0.1, 0.15) is 5.75 Å². The van der Waals surface area contributed by atoms with Crippen LogP contribution in [0.25, 0.3) is 0 Å². The predicted octanol–water partition coefficient (Wildman–Crippen LogP) is 2.81. The highest BCUT2D eigenvalue weighted by atomic mass is 32.2. The van der Waals surface area contributed by atoms with Crippen molar-refractivity contribution < 1.29 is 22.7 Å². The van der Waals surface area contributed by atoms with Gasteiger partial charge in [-0.2, -0.15) is 4.31 Å². The summed E-state index contributed by atoms with van der Waals surface area (Å²) in [6, 6.07) is 13.7. The molecule has 1 fully saturated rings. The van der Waals surface area contributed by atoms with E-state index in [0.717, 1.165) is 5.56 Å². The Bertz CT molecular complexity index is 921. The Morgan fingerprint density at radius 2 is 1.72 bits per heavy atom. The highest BCUT2D eigenvalue weighted by molar-refractivity contribution is 7.89. The van der Waals surface area contributed by atoms with Crippen LogP contribution in [0.2, 0.25) is 0 Å². The van der Waals surface area contributed by atoms with Crippen LogP contribution >= 0.6 is 0 Å². The molecule has 0 aromatic heterocycles. The molecule has 0 spiro atoms. The molecule has 1 N–H and O–H groups in total. The highest BCUT2D eigenvalue weighted by Crippen LogP contribution is 2.20. The van der Waals surface area contributed by atoms with Crippen molar-refractivity contribution in [2.75, 3.05) is 31.6 Å². The number of anilines is 1. The number of hydrogen-bond donors (Lipinski definition) is 1. The van der Waals surface area contributed by atoms with Crippen LogP contribution in [0.4, 0.5) is 5.69 Å². The smallest absolute Gasteiger partial charge is 0.265 e. The van der Waals surface area contributed by atoms with Crippen molar-refractivity contribution in [3.8, 4) is 5.75 Å². The second-order valence-electron chi connectivity index (χ2n) is 6.86. The van der Waals surface area contributed by atoms with Gasteiger partial charge in [0.2, 0.25) is 10.0 Å². The molecule has 0 saturated carbocycles. The van der Waals surface area contributed by atoms with Crippen molar-refractivity contribution in [1.82, 2.24) is 4.31 Å². The molecule has 0 unspecified atom stereocenters. The van der Waals surface area contributed by atoms with Gasteiger partial charge in [-0.3, -0.25) is 4.79 Å². The zero-order valence-corrected chi connectivity index (χ0v) is 17.4. The monoisotopic (exact) mass is 418 g/mol. The maximum absolute atomic E-state index is 12.7. The van der Waals surface area contributed by atoms with Gasteiger partial charge in [-0.25, -0.2) is 8.42 Å². The molecule has 1 atom stereocenters. The number of benzene rings is 2.